The summed E-state index contributed by atoms with van der Waals surface area (Å²) < 4.78 is 94.7. The highest BCUT2D eigenvalue weighted by Gasteiger charge is 2.71. The lowest BCUT2D eigenvalue weighted by molar-refractivity contribution is -0.385. The van der Waals surface area contributed by atoms with E-state index in [-0.39, 0.29) is 18.6 Å². The van der Waals surface area contributed by atoms with Gasteiger partial charge in [-0.2, -0.15) is 26.3 Å². The van der Waals surface area contributed by atoms with Gasteiger partial charge in [0.05, 0.1) is 30.0 Å². The second-order valence-electron chi connectivity index (χ2n) is 10.5. The van der Waals surface area contributed by atoms with Gasteiger partial charge in [-0.3, -0.25) is 0 Å². The predicted octanol–water partition coefficient (Wildman–Crippen LogP) is 4.33. The molecule has 1 aliphatic rings. The Morgan fingerprint density at radius 1 is 0.882 bits per heavy atom. The van der Waals surface area contributed by atoms with Gasteiger partial charge >= 0.3 is 18.3 Å². The van der Waals surface area contributed by atoms with Crippen molar-refractivity contribution in [3.63, 3.8) is 0 Å². The highest BCUT2D eigenvalue weighted by molar-refractivity contribution is 5.87. The lowest BCUT2D eigenvalue weighted by Crippen LogP contribution is -2.65. The summed E-state index contributed by atoms with van der Waals surface area (Å²) in [5.74, 6) is -2.16. The molecular formula is C22H34F6O6. The number of esters is 1. The minimum Gasteiger partial charge on any atom is -0.459 e. The molecular weight excluding hydrogens is 474 g/mol. The number of carbonyl (C=O) groups excluding carboxylic acids is 1. The summed E-state index contributed by atoms with van der Waals surface area (Å²) in [4.78, 5) is 12.1. The maximum atomic E-state index is 13.1. The number of carbonyl (C=O) groups is 1. The molecule has 1 rings (SSSR count). The van der Waals surface area contributed by atoms with Crippen molar-refractivity contribution >= 4 is 5.97 Å². The molecule has 0 heterocycles. The maximum absolute atomic E-state index is 13.1. The Hall–Kier alpha value is -1.37. The molecule has 3 unspecified atom stereocenters. The van der Waals surface area contributed by atoms with Crippen molar-refractivity contribution < 1.29 is 55.6 Å². The molecule has 0 bridgehead atoms. The van der Waals surface area contributed by atoms with Crippen LogP contribution < -0.4 is 0 Å². The van der Waals surface area contributed by atoms with Crippen LogP contribution in [0.25, 0.3) is 0 Å². The molecule has 2 N–H and O–H groups in total. The van der Waals surface area contributed by atoms with Crippen LogP contribution in [0.3, 0.4) is 0 Å². The van der Waals surface area contributed by atoms with E-state index >= 15 is 0 Å². The molecule has 0 radical (unpaired) electrons. The van der Waals surface area contributed by atoms with Crippen LogP contribution in [-0.2, 0) is 19.0 Å². The lowest BCUT2D eigenvalue weighted by Gasteiger charge is -2.56. The van der Waals surface area contributed by atoms with Gasteiger partial charge in [-0.05, 0) is 60.8 Å². The topological polar surface area (TPSA) is 85.2 Å². The van der Waals surface area contributed by atoms with Crippen molar-refractivity contribution in [3.8, 4) is 0 Å². The van der Waals surface area contributed by atoms with Crippen LogP contribution in [0.1, 0.15) is 54.9 Å². The normalized spacial score (nSPS) is 22.9. The van der Waals surface area contributed by atoms with E-state index in [4.69, 9.17) is 14.2 Å². The van der Waals surface area contributed by atoms with Gasteiger partial charge in [-0.1, -0.05) is 6.58 Å². The molecule has 0 aromatic rings. The number of hydrogen-bond acceptors (Lipinski definition) is 6. The Morgan fingerprint density at radius 2 is 1.32 bits per heavy atom. The number of alkyl halides is 6. The van der Waals surface area contributed by atoms with Crippen molar-refractivity contribution in [1.29, 1.82) is 0 Å². The van der Waals surface area contributed by atoms with E-state index in [1.165, 1.54) is 34.6 Å². The van der Waals surface area contributed by atoms with Crippen molar-refractivity contribution in [1.82, 2.24) is 0 Å². The smallest absolute Gasteiger partial charge is 0.428 e. The number of rotatable bonds is 10. The Kier molecular flexibility index (Phi) is 8.65. The van der Waals surface area contributed by atoms with Crippen LogP contribution in [0, 0.1) is 11.8 Å². The third kappa shape index (κ3) is 6.86. The Labute approximate surface area is 195 Å². The standard InChI is InChI=1S/C22H34F6O6/c1-12(2)16(29)34-14-9-13(15(14)19(7,8)32-10-17(3,4)30)18(5,6)33-11-20(31,21(23,24)25)22(26,27)28/h13-15,30-31H,1,9-11H2,2-8H3. The summed E-state index contributed by atoms with van der Waals surface area (Å²) in [7, 11) is 0. The first kappa shape index (κ1) is 30.7. The molecule has 1 aliphatic carbocycles. The van der Waals surface area contributed by atoms with Gasteiger partial charge in [0.2, 0.25) is 0 Å². The molecule has 1 saturated carbocycles. The van der Waals surface area contributed by atoms with Crippen molar-refractivity contribution in [3.05, 3.63) is 12.2 Å². The summed E-state index contributed by atoms with van der Waals surface area (Å²) in [5, 5.41) is 19.4. The van der Waals surface area contributed by atoms with Crippen molar-refractivity contribution in [2.45, 2.75) is 95.7 Å². The molecule has 0 amide bonds. The molecule has 0 saturated heterocycles. The van der Waals surface area contributed by atoms with Crippen LogP contribution >= 0.6 is 0 Å². The van der Waals surface area contributed by atoms with E-state index in [1.54, 1.807) is 13.8 Å². The van der Waals surface area contributed by atoms with Crippen LogP contribution in [0.2, 0.25) is 0 Å². The highest BCUT2D eigenvalue weighted by Crippen LogP contribution is 2.52. The Morgan fingerprint density at radius 3 is 1.71 bits per heavy atom. The van der Waals surface area contributed by atoms with E-state index in [0.29, 0.717) is 0 Å². The van der Waals surface area contributed by atoms with Gasteiger partial charge in [-0.15, -0.1) is 0 Å². The summed E-state index contributed by atoms with van der Waals surface area (Å²) in [6.07, 6.45) is -12.8. The molecule has 34 heavy (non-hydrogen) atoms. The molecule has 1 fully saturated rings. The number of halogens is 6. The predicted molar refractivity (Wildman–Crippen MR) is 110 cm³/mol. The van der Waals surface area contributed by atoms with E-state index in [1.807, 2.05) is 0 Å². The number of hydrogen-bond donors (Lipinski definition) is 2. The Bertz CT molecular complexity index is 736. The zero-order chi connectivity index (χ0) is 27.1. The quantitative estimate of drug-likeness (QED) is 0.260. The van der Waals surface area contributed by atoms with Crippen LogP contribution in [0.4, 0.5) is 26.3 Å². The van der Waals surface area contributed by atoms with Gasteiger partial charge in [0, 0.05) is 11.5 Å². The SMILES string of the molecule is C=C(C)C(=O)OC1CC(C(C)(C)OCC(O)(C(F)(F)F)C(F)(F)F)C1C(C)(C)OCC(C)(C)O. The fourth-order valence-electron chi connectivity index (χ4n) is 3.80. The summed E-state index contributed by atoms with van der Waals surface area (Å²) in [6.45, 7) is 11.5. The average Bonchev–Trinajstić information content (AvgIpc) is 2.57. The third-order valence-electron chi connectivity index (χ3n) is 6.01. The van der Waals surface area contributed by atoms with E-state index in [2.05, 4.69) is 6.58 Å². The largest absolute Gasteiger partial charge is 0.459 e. The van der Waals surface area contributed by atoms with Gasteiger partial charge in [0.25, 0.3) is 5.60 Å². The Balaban J connectivity index is 3.20. The van der Waals surface area contributed by atoms with E-state index in [0.717, 1.165) is 0 Å². The maximum Gasteiger partial charge on any atom is 0.428 e. The monoisotopic (exact) mass is 508 g/mol. The molecule has 3 atom stereocenters. The third-order valence-corrected chi connectivity index (χ3v) is 6.01. The molecule has 6 nitrogen and oxygen atoms in total. The first-order chi connectivity index (χ1) is 14.9. The molecule has 0 aromatic carbocycles. The fraction of sp³-hybridized carbons (Fsp3) is 0.864. The average molecular weight is 508 g/mol. The first-order valence-electron chi connectivity index (χ1n) is 10.6. The first-order valence-corrected chi connectivity index (χ1v) is 10.6. The molecule has 12 heteroatoms. The number of aliphatic hydroxyl groups is 2. The highest BCUT2D eigenvalue weighted by atomic mass is 19.4. The van der Waals surface area contributed by atoms with Crippen molar-refractivity contribution in [2.75, 3.05) is 13.2 Å². The van der Waals surface area contributed by atoms with Crippen LogP contribution in [0.5, 0.6) is 0 Å². The van der Waals surface area contributed by atoms with Gasteiger partial charge in [0.15, 0.2) is 0 Å². The van der Waals surface area contributed by atoms with E-state index in [9.17, 15) is 41.4 Å². The molecule has 0 spiro atoms. The second kappa shape index (κ2) is 9.59. The van der Waals surface area contributed by atoms with Gasteiger partial charge < -0.3 is 24.4 Å². The van der Waals surface area contributed by atoms with Gasteiger partial charge in [0.1, 0.15) is 6.10 Å². The van der Waals surface area contributed by atoms with Gasteiger partial charge in [-0.25, -0.2) is 4.79 Å². The van der Waals surface area contributed by atoms with E-state index < -0.39 is 65.3 Å². The molecule has 0 aromatic heterocycles. The molecule has 0 aliphatic heterocycles. The zero-order valence-corrected chi connectivity index (χ0v) is 20.4. The summed E-state index contributed by atoms with van der Waals surface area (Å²) in [5.41, 5.74) is -8.93. The second-order valence-corrected chi connectivity index (χ2v) is 10.5. The van der Waals surface area contributed by atoms with Crippen LogP contribution in [-0.4, -0.2) is 70.3 Å². The zero-order valence-electron chi connectivity index (χ0n) is 20.4. The minimum absolute atomic E-state index is 0.0580. The minimum atomic E-state index is -6.02. The molecule has 200 valence electrons. The van der Waals surface area contributed by atoms with Crippen LogP contribution in [0.15, 0.2) is 12.2 Å². The summed E-state index contributed by atoms with van der Waals surface area (Å²) >= 11 is 0. The fourth-order valence-corrected chi connectivity index (χ4v) is 3.80. The van der Waals surface area contributed by atoms with Crippen molar-refractivity contribution in [2.24, 2.45) is 11.8 Å². The lowest BCUT2D eigenvalue weighted by atomic mass is 9.58. The number of ether oxygens (including phenoxy) is 3. The summed E-state index contributed by atoms with van der Waals surface area (Å²) in [6, 6.07) is 0.